The van der Waals surface area contributed by atoms with Crippen LogP contribution in [0.2, 0.25) is 0 Å². The van der Waals surface area contributed by atoms with Crippen molar-refractivity contribution in [2.75, 3.05) is 6.61 Å². The van der Waals surface area contributed by atoms with Crippen molar-refractivity contribution < 1.29 is 41.7 Å². The van der Waals surface area contributed by atoms with Crippen molar-refractivity contribution in [2.45, 2.75) is 26.3 Å². The van der Waals surface area contributed by atoms with Gasteiger partial charge < -0.3 is 14.6 Å². The number of esters is 1. The van der Waals surface area contributed by atoms with Crippen LogP contribution in [0.1, 0.15) is 28.5 Å². The Hall–Kier alpha value is -3.11. The molecule has 0 radical (unpaired) electrons. The lowest BCUT2D eigenvalue weighted by Crippen LogP contribution is -2.14. The smallest absolute Gasteiger partial charge is 0.416 e. The number of halogens is 4. The van der Waals surface area contributed by atoms with E-state index in [0.717, 1.165) is 16.8 Å². The van der Waals surface area contributed by atoms with Crippen LogP contribution in [0.15, 0.2) is 24.3 Å². The molecule has 0 aliphatic rings. The maximum Gasteiger partial charge on any atom is 0.416 e. The first-order chi connectivity index (χ1) is 12.6. The van der Waals surface area contributed by atoms with Crippen LogP contribution in [0.5, 0.6) is 5.88 Å². The zero-order valence-corrected chi connectivity index (χ0v) is 13.9. The van der Waals surface area contributed by atoms with Gasteiger partial charge in [-0.25, -0.2) is 13.9 Å². The third-order valence-corrected chi connectivity index (χ3v) is 3.18. The van der Waals surface area contributed by atoms with Gasteiger partial charge in [-0.3, -0.25) is 4.79 Å². The van der Waals surface area contributed by atoms with E-state index in [1.165, 1.54) is 0 Å². The lowest BCUT2D eigenvalue weighted by molar-refractivity contribution is -0.138. The normalized spacial score (nSPS) is 11.3. The first kappa shape index (κ1) is 20.2. The summed E-state index contributed by atoms with van der Waals surface area (Å²) in [6.07, 6.45) is -4.74. The number of nitrogens with zero attached hydrogens (tertiary/aromatic N) is 2. The number of aliphatic carboxylic acids is 1. The van der Waals surface area contributed by atoms with Crippen LogP contribution in [-0.4, -0.2) is 33.4 Å². The van der Waals surface area contributed by atoms with Crippen LogP contribution in [0.4, 0.5) is 17.6 Å². The van der Waals surface area contributed by atoms with Gasteiger partial charge in [0.25, 0.3) is 0 Å². The van der Waals surface area contributed by atoms with Crippen LogP contribution < -0.4 is 4.74 Å². The molecule has 1 aromatic heterocycles. The number of hydrogen-bond donors (Lipinski definition) is 1. The molecule has 1 aromatic carbocycles. The fourth-order valence-electron chi connectivity index (χ4n) is 2.12. The number of carboxylic acids is 1. The van der Waals surface area contributed by atoms with Crippen LogP contribution in [0.25, 0.3) is 0 Å². The Bertz CT molecular complexity index is 848. The minimum Gasteiger partial charge on any atom is -0.480 e. The van der Waals surface area contributed by atoms with Gasteiger partial charge in [0.1, 0.15) is 19.0 Å². The molecule has 0 spiro atoms. The van der Waals surface area contributed by atoms with E-state index in [0.29, 0.717) is 12.1 Å². The van der Waals surface area contributed by atoms with Crippen LogP contribution >= 0.6 is 0 Å². The molecule has 2 rings (SSSR count). The summed E-state index contributed by atoms with van der Waals surface area (Å²) in [5, 5.41) is 12.6. The standard InChI is InChI=1S/C16H14F4N2O5/c1-2-26-15(25)12-6-13(22(21-12)7-14(23)24)27-8-9-3-10(16(18,19)20)5-11(17)4-9/h3-6H,2,7-8H2,1H3,(H,23,24). The van der Waals surface area contributed by atoms with Crippen LogP contribution in [0.3, 0.4) is 0 Å². The Morgan fingerprint density at radius 2 is 1.93 bits per heavy atom. The number of aromatic nitrogens is 2. The van der Waals surface area contributed by atoms with Gasteiger partial charge in [-0.15, -0.1) is 0 Å². The largest absolute Gasteiger partial charge is 0.480 e. The number of ether oxygens (including phenoxy) is 2. The fourth-order valence-corrected chi connectivity index (χ4v) is 2.12. The van der Waals surface area contributed by atoms with Crippen LogP contribution in [0, 0.1) is 5.82 Å². The second kappa shape index (κ2) is 8.06. The molecule has 0 aliphatic carbocycles. The number of carbonyl (C=O) groups excluding carboxylic acids is 1. The Morgan fingerprint density at radius 1 is 1.22 bits per heavy atom. The molecular weight excluding hydrogens is 376 g/mol. The average molecular weight is 390 g/mol. The van der Waals surface area contributed by atoms with Crippen molar-refractivity contribution in [3.63, 3.8) is 0 Å². The third kappa shape index (κ3) is 5.43. The molecule has 7 nitrogen and oxygen atoms in total. The first-order valence-electron chi connectivity index (χ1n) is 7.56. The minimum atomic E-state index is -4.74. The van der Waals surface area contributed by atoms with Crippen molar-refractivity contribution >= 4 is 11.9 Å². The van der Waals surface area contributed by atoms with E-state index < -0.39 is 42.6 Å². The zero-order chi connectivity index (χ0) is 20.2. The van der Waals surface area contributed by atoms with E-state index in [-0.39, 0.29) is 23.7 Å². The summed E-state index contributed by atoms with van der Waals surface area (Å²) < 4.78 is 62.5. The molecule has 0 bridgehead atoms. The number of hydrogen-bond acceptors (Lipinski definition) is 5. The van der Waals surface area contributed by atoms with Gasteiger partial charge in [-0.2, -0.15) is 18.3 Å². The van der Waals surface area contributed by atoms with Gasteiger partial charge in [0, 0.05) is 6.07 Å². The highest BCUT2D eigenvalue weighted by molar-refractivity contribution is 5.87. The molecule has 0 saturated carbocycles. The zero-order valence-electron chi connectivity index (χ0n) is 13.9. The predicted octanol–water partition coefficient (Wildman–Crippen LogP) is 2.88. The van der Waals surface area contributed by atoms with Crippen molar-refractivity contribution in [1.29, 1.82) is 0 Å². The molecule has 0 aliphatic heterocycles. The minimum absolute atomic E-state index is 0.0598. The molecule has 27 heavy (non-hydrogen) atoms. The molecule has 0 amide bonds. The molecular formula is C16H14F4N2O5. The Kier molecular flexibility index (Phi) is 6.03. The molecule has 11 heteroatoms. The van der Waals surface area contributed by atoms with Crippen molar-refractivity contribution in [3.8, 4) is 5.88 Å². The Balaban J connectivity index is 2.25. The van der Waals surface area contributed by atoms with E-state index in [1.54, 1.807) is 6.92 Å². The second-order valence-corrected chi connectivity index (χ2v) is 5.27. The Morgan fingerprint density at radius 3 is 2.52 bits per heavy atom. The van der Waals surface area contributed by atoms with E-state index in [4.69, 9.17) is 14.6 Å². The maximum atomic E-state index is 13.4. The van der Waals surface area contributed by atoms with E-state index in [1.807, 2.05) is 0 Å². The maximum absolute atomic E-state index is 13.4. The van der Waals surface area contributed by atoms with Gasteiger partial charge >= 0.3 is 18.1 Å². The predicted molar refractivity (Wildman–Crippen MR) is 81.6 cm³/mol. The molecule has 0 fully saturated rings. The SMILES string of the molecule is CCOC(=O)c1cc(OCc2cc(F)cc(C(F)(F)F)c2)n(CC(=O)O)n1. The lowest BCUT2D eigenvalue weighted by Gasteiger charge is -2.11. The average Bonchev–Trinajstić information content (AvgIpc) is 2.94. The summed E-state index contributed by atoms with van der Waals surface area (Å²) in [6, 6.07) is 2.98. The van der Waals surface area contributed by atoms with Crippen molar-refractivity contribution in [2.24, 2.45) is 0 Å². The summed E-state index contributed by atoms with van der Waals surface area (Å²) in [5.41, 5.74) is -1.56. The molecule has 0 atom stereocenters. The van der Waals surface area contributed by atoms with E-state index >= 15 is 0 Å². The lowest BCUT2D eigenvalue weighted by atomic mass is 10.1. The highest BCUT2D eigenvalue weighted by atomic mass is 19.4. The van der Waals surface area contributed by atoms with E-state index in [9.17, 15) is 27.2 Å². The van der Waals surface area contributed by atoms with Gasteiger partial charge in [0.2, 0.25) is 5.88 Å². The van der Waals surface area contributed by atoms with Crippen molar-refractivity contribution in [3.05, 3.63) is 46.9 Å². The Labute approximate surface area is 150 Å². The summed E-state index contributed by atoms with van der Waals surface area (Å²) in [5.74, 6) is -3.41. The number of alkyl halides is 3. The second-order valence-electron chi connectivity index (χ2n) is 5.27. The highest BCUT2D eigenvalue weighted by Crippen LogP contribution is 2.30. The van der Waals surface area contributed by atoms with E-state index in [2.05, 4.69) is 5.10 Å². The monoisotopic (exact) mass is 390 g/mol. The number of rotatable bonds is 7. The summed E-state index contributed by atoms with van der Waals surface area (Å²) in [7, 11) is 0. The van der Waals surface area contributed by atoms with Gasteiger partial charge in [0.05, 0.1) is 12.2 Å². The fraction of sp³-hybridized carbons (Fsp3) is 0.312. The van der Waals surface area contributed by atoms with Crippen LogP contribution in [-0.2, 0) is 28.9 Å². The van der Waals surface area contributed by atoms with Gasteiger partial charge in [-0.1, -0.05) is 0 Å². The molecule has 1 N–H and O–H groups in total. The first-order valence-corrected chi connectivity index (χ1v) is 7.56. The molecule has 0 unspecified atom stereocenters. The topological polar surface area (TPSA) is 90.7 Å². The number of benzene rings is 1. The highest BCUT2D eigenvalue weighted by Gasteiger charge is 2.31. The quantitative estimate of drug-likeness (QED) is 0.578. The third-order valence-electron chi connectivity index (χ3n) is 3.18. The number of carboxylic acid groups (broad SMARTS) is 1. The summed E-state index contributed by atoms with van der Waals surface area (Å²) >= 11 is 0. The molecule has 1 heterocycles. The molecule has 0 saturated heterocycles. The van der Waals surface area contributed by atoms with Crippen molar-refractivity contribution in [1.82, 2.24) is 9.78 Å². The van der Waals surface area contributed by atoms with Gasteiger partial charge in [0.15, 0.2) is 5.69 Å². The summed E-state index contributed by atoms with van der Waals surface area (Å²) in [6.45, 7) is 0.455. The number of carbonyl (C=O) groups is 2. The van der Waals surface area contributed by atoms with Gasteiger partial charge in [-0.05, 0) is 30.7 Å². The molecule has 2 aromatic rings. The summed E-state index contributed by atoms with van der Waals surface area (Å²) in [4.78, 5) is 22.6. The molecule has 146 valence electrons.